The molecule has 0 aliphatic heterocycles. The molecule has 0 aromatic heterocycles. The van der Waals surface area contributed by atoms with Gasteiger partial charge in [0.05, 0.1) is 24.5 Å². The van der Waals surface area contributed by atoms with E-state index >= 15 is 0 Å². The Labute approximate surface area is 251 Å². The fraction of sp³-hybridized carbons (Fsp3) is 0.324. The molecule has 3 aromatic carbocycles. The van der Waals surface area contributed by atoms with Crippen LogP contribution in [-0.4, -0.2) is 59.4 Å². The van der Waals surface area contributed by atoms with Gasteiger partial charge in [0.25, 0.3) is 5.91 Å². The lowest BCUT2D eigenvalue weighted by Gasteiger charge is -2.22. The normalized spacial score (nSPS) is 18.8. The lowest BCUT2D eigenvalue weighted by molar-refractivity contribution is -0.134. The highest BCUT2D eigenvalue weighted by molar-refractivity contribution is 6.05. The first-order chi connectivity index (χ1) is 20.9. The van der Waals surface area contributed by atoms with Gasteiger partial charge in [0, 0.05) is 24.3 Å². The molecule has 4 atom stereocenters. The van der Waals surface area contributed by atoms with Crippen LogP contribution in [0.5, 0.6) is 11.5 Å². The maximum absolute atomic E-state index is 12.5. The minimum absolute atomic E-state index is 0.0128. The number of benzene rings is 3. The Bertz CT molecular complexity index is 1360. The molecule has 226 valence electrons. The second kappa shape index (κ2) is 16.4. The van der Waals surface area contributed by atoms with Crippen molar-refractivity contribution in [3.05, 3.63) is 103 Å². The van der Waals surface area contributed by atoms with Crippen LogP contribution in [0.2, 0.25) is 0 Å². The monoisotopic (exact) mass is 587 g/mol. The number of ether oxygens (including phenoxy) is 3. The molecule has 1 aliphatic carbocycles. The van der Waals surface area contributed by atoms with Gasteiger partial charge in [-0.05, 0) is 55.7 Å². The van der Waals surface area contributed by atoms with Crippen LogP contribution in [0.4, 0.5) is 5.69 Å². The molecule has 0 heterocycles. The molecule has 1 fully saturated rings. The van der Waals surface area contributed by atoms with Crippen molar-refractivity contribution in [1.29, 1.82) is 0 Å². The van der Waals surface area contributed by atoms with Gasteiger partial charge in [-0.3, -0.25) is 14.4 Å². The zero-order chi connectivity index (χ0) is 30.4. The molecule has 0 spiro atoms. The van der Waals surface area contributed by atoms with E-state index in [9.17, 15) is 24.6 Å². The van der Waals surface area contributed by atoms with E-state index in [0.29, 0.717) is 36.3 Å². The molecule has 0 saturated heterocycles. The Balaban J connectivity index is 1.17. The van der Waals surface area contributed by atoms with Crippen LogP contribution in [0, 0.1) is 5.92 Å². The molecule has 0 bridgehead atoms. The van der Waals surface area contributed by atoms with Crippen LogP contribution in [0.3, 0.4) is 0 Å². The predicted octanol–water partition coefficient (Wildman–Crippen LogP) is 4.74. The van der Waals surface area contributed by atoms with Crippen molar-refractivity contribution in [2.75, 3.05) is 18.5 Å². The molecule has 4 unspecified atom stereocenters. The van der Waals surface area contributed by atoms with Crippen molar-refractivity contribution < 1.29 is 38.8 Å². The lowest BCUT2D eigenvalue weighted by Crippen LogP contribution is -2.34. The number of allylic oxidation sites excluding steroid dienone is 2. The number of amides is 1. The van der Waals surface area contributed by atoms with Crippen molar-refractivity contribution in [2.24, 2.45) is 5.92 Å². The third-order valence-corrected chi connectivity index (χ3v) is 6.97. The molecular weight excluding hydrogens is 550 g/mol. The van der Waals surface area contributed by atoms with E-state index in [4.69, 9.17) is 14.2 Å². The second-order valence-corrected chi connectivity index (χ2v) is 10.3. The number of unbranched alkanes of at least 4 members (excludes halogenated alkanes) is 1. The number of Topliss-reactive ketones (excluding diaryl/α,β-unsaturated/α-hetero) is 1. The zero-order valence-corrected chi connectivity index (χ0v) is 23.8. The van der Waals surface area contributed by atoms with E-state index in [1.54, 1.807) is 60.7 Å². The van der Waals surface area contributed by atoms with Crippen LogP contribution in [-0.2, 0) is 14.3 Å². The summed E-state index contributed by atoms with van der Waals surface area (Å²) in [6, 6.07) is 24.6. The molecule has 9 nitrogen and oxygen atoms in total. The highest BCUT2D eigenvalue weighted by Gasteiger charge is 2.41. The standard InChI is InChI=1S/C34H37NO8/c36-25(22-41-26-15-7-4-8-16-26)23-42-33-27(29(37)21-30(33)38)17-9-1-2-10-20-32(39)43-31-19-12-11-18-28(31)35-34(40)24-13-5-3-6-14-24/h1,3-9,11-16,18-19,25,27,30,33,36,38H,2,10,17,20-23H2,(H,35,40)/b9-1+. The van der Waals surface area contributed by atoms with Crippen LogP contribution >= 0.6 is 0 Å². The largest absolute Gasteiger partial charge is 0.491 e. The number of rotatable bonds is 15. The minimum Gasteiger partial charge on any atom is -0.491 e. The first-order valence-corrected chi connectivity index (χ1v) is 14.4. The first kappa shape index (κ1) is 31.6. The Morgan fingerprint density at radius 2 is 1.63 bits per heavy atom. The fourth-order valence-electron chi connectivity index (χ4n) is 4.74. The number of hydrogen-bond donors (Lipinski definition) is 3. The number of esters is 1. The van der Waals surface area contributed by atoms with Gasteiger partial charge in [0.15, 0.2) is 5.75 Å². The molecule has 9 heteroatoms. The molecule has 1 aliphatic rings. The molecule has 3 N–H and O–H groups in total. The van der Waals surface area contributed by atoms with E-state index in [2.05, 4.69) is 5.32 Å². The summed E-state index contributed by atoms with van der Waals surface area (Å²) >= 11 is 0. The van der Waals surface area contributed by atoms with Gasteiger partial charge in [0.1, 0.15) is 24.2 Å². The van der Waals surface area contributed by atoms with Gasteiger partial charge in [-0.2, -0.15) is 0 Å². The Morgan fingerprint density at radius 3 is 2.40 bits per heavy atom. The molecule has 3 aromatic rings. The number of para-hydroxylation sites is 3. The van der Waals surface area contributed by atoms with Crippen LogP contribution < -0.4 is 14.8 Å². The van der Waals surface area contributed by atoms with Gasteiger partial charge in [-0.25, -0.2) is 0 Å². The quantitative estimate of drug-likeness (QED) is 0.101. The number of aliphatic hydroxyl groups is 2. The van der Waals surface area contributed by atoms with Crippen molar-refractivity contribution >= 4 is 23.3 Å². The average molecular weight is 588 g/mol. The van der Waals surface area contributed by atoms with Gasteiger partial charge in [0.2, 0.25) is 0 Å². The van der Waals surface area contributed by atoms with Crippen LogP contribution in [0.25, 0.3) is 0 Å². The predicted molar refractivity (Wildman–Crippen MR) is 161 cm³/mol. The lowest BCUT2D eigenvalue weighted by atomic mass is 9.99. The van der Waals surface area contributed by atoms with Crippen LogP contribution in [0.1, 0.15) is 42.5 Å². The molecule has 0 radical (unpaired) electrons. The maximum Gasteiger partial charge on any atom is 0.311 e. The van der Waals surface area contributed by atoms with E-state index in [1.165, 1.54) is 0 Å². The van der Waals surface area contributed by atoms with Crippen molar-refractivity contribution in [3.8, 4) is 11.5 Å². The molecule has 1 amide bonds. The molecule has 43 heavy (non-hydrogen) atoms. The maximum atomic E-state index is 12.5. The SMILES string of the molecule is O=C(CCC/C=C/CC1C(=O)CC(O)C1OCC(O)COc1ccccc1)Oc1ccccc1NC(=O)c1ccccc1. The summed E-state index contributed by atoms with van der Waals surface area (Å²) in [5.74, 6) is -0.421. The number of hydrogen-bond acceptors (Lipinski definition) is 8. The van der Waals surface area contributed by atoms with Crippen molar-refractivity contribution in [3.63, 3.8) is 0 Å². The molecule has 4 rings (SSSR count). The second-order valence-electron chi connectivity index (χ2n) is 10.3. The average Bonchev–Trinajstić information content (AvgIpc) is 3.29. The summed E-state index contributed by atoms with van der Waals surface area (Å²) in [6.07, 6.45) is 2.88. The van der Waals surface area contributed by atoms with E-state index in [-0.39, 0.29) is 43.5 Å². The number of ketones is 1. The number of nitrogens with one attached hydrogen (secondary N) is 1. The Morgan fingerprint density at radius 1 is 0.930 bits per heavy atom. The third kappa shape index (κ3) is 9.89. The minimum atomic E-state index is -0.928. The number of aliphatic hydroxyl groups excluding tert-OH is 2. The summed E-state index contributed by atoms with van der Waals surface area (Å²) < 4.78 is 16.8. The topological polar surface area (TPSA) is 131 Å². The third-order valence-electron chi connectivity index (χ3n) is 6.97. The van der Waals surface area contributed by atoms with Crippen LogP contribution in [0.15, 0.2) is 97.1 Å². The van der Waals surface area contributed by atoms with Gasteiger partial charge in [-0.15, -0.1) is 0 Å². The van der Waals surface area contributed by atoms with E-state index < -0.39 is 30.2 Å². The van der Waals surface area contributed by atoms with E-state index in [1.807, 2.05) is 36.4 Å². The zero-order valence-electron chi connectivity index (χ0n) is 23.8. The van der Waals surface area contributed by atoms with Crippen molar-refractivity contribution in [1.82, 2.24) is 0 Å². The number of anilines is 1. The number of carbonyl (C=O) groups is 3. The molecular formula is C34H37NO8. The van der Waals surface area contributed by atoms with Gasteiger partial charge < -0.3 is 29.7 Å². The Kier molecular flexibility index (Phi) is 12.0. The highest BCUT2D eigenvalue weighted by atomic mass is 16.5. The van der Waals surface area contributed by atoms with Gasteiger partial charge >= 0.3 is 5.97 Å². The summed E-state index contributed by atoms with van der Waals surface area (Å²) in [4.78, 5) is 37.4. The summed E-state index contributed by atoms with van der Waals surface area (Å²) in [5, 5.41) is 23.4. The highest BCUT2D eigenvalue weighted by Crippen LogP contribution is 2.29. The van der Waals surface area contributed by atoms with E-state index in [0.717, 1.165) is 0 Å². The van der Waals surface area contributed by atoms with Gasteiger partial charge in [-0.1, -0.05) is 60.7 Å². The van der Waals surface area contributed by atoms with Crippen molar-refractivity contribution in [2.45, 2.75) is 50.4 Å². The smallest absolute Gasteiger partial charge is 0.311 e. The summed E-state index contributed by atoms with van der Waals surface area (Å²) in [5.41, 5.74) is 0.897. The summed E-state index contributed by atoms with van der Waals surface area (Å²) in [6.45, 7) is -0.0368. The molecule has 1 saturated carbocycles. The Hall–Kier alpha value is -4.31. The number of carbonyl (C=O) groups excluding carboxylic acids is 3. The first-order valence-electron chi connectivity index (χ1n) is 14.4. The fourth-order valence-corrected chi connectivity index (χ4v) is 4.74. The summed E-state index contributed by atoms with van der Waals surface area (Å²) in [7, 11) is 0.